The summed E-state index contributed by atoms with van der Waals surface area (Å²) in [7, 11) is 0. The molecule has 150 valence electrons. The van der Waals surface area contributed by atoms with Crippen molar-refractivity contribution in [1.82, 2.24) is 0 Å². The van der Waals surface area contributed by atoms with Crippen LogP contribution in [-0.4, -0.2) is 11.9 Å². The molecule has 0 saturated carbocycles. The lowest BCUT2D eigenvalue weighted by Gasteiger charge is -2.11. The van der Waals surface area contributed by atoms with Gasteiger partial charge in [0.25, 0.3) is 0 Å². The van der Waals surface area contributed by atoms with E-state index in [4.69, 9.17) is 9.47 Å². The Morgan fingerprint density at radius 1 is 0.793 bits per heavy atom. The fourth-order valence-corrected chi connectivity index (χ4v) is 4.07. The summed E-state index contributed by atoms with van der Waals surface area (Å²) >= 11 is 1.71. The molecule has 0 N–H and O–H groups in total. The molecule has 0 aliphatic carbocycles. The predicted molar refractivity (Wildman–Crippen MR) is 115 cm³/mol. The van der Waals surface area contributed by atoms with Gasteiger partial charge in [0.2, 0.25) is 0 Å². The first-order valence-electron chi connectivity index (χ1n) is 9.43. The van der Waals surface area contributed by atoms with Gasteiger partial charge < -0.3 is 9.47 Å². The number of rotatable bonds is 6. The van der Waals surface area contributed by atoms with Crippen molar-refractivity contribution in [2.45, 2.75) is 40.5 Å². The molecule has 0 radical (unpaired) electrons. The van der Waals surface area contributed by atoms with Crippen LogP contribution in [0.4, 0.5) is 0 Å². The normalized spacial score (nSPS) is 10.6. The van der Waals surface area contributed by atoms with Crippen molar-refractivity contribution >= 4 is 23.3 Å². The Balaban J connectivity index is 1.83. The average molecular weight is 409 g/mol. The van der Waals surface area contributed by atoms with Gasteiger partial charge in [0.05, 0.1) is 0 Å². The fourth-order valence-electron chi connectivity index (χ4n) is 3.13. The molecule has 0 saturated heterocycles. The monoisotopic (exact) mass is 408 g/mol. The van der Waals surface area contributed by atoms with Gasteiger partial charge in [0.15, 0.2) is 11.5 Å². The molecule has 3 rings (SSSR count). The first-order chi connectivity index (χ1) is 13.8. The molecule has 0 aliphatic heterocycles. The predicted octanol–water partition coefficient (Wildman–Crippen LogP) is 5.40. The van der Waals surface area contributed by atoms with E-state index in [1.807, 2.05) is 6.07 Å². The van der Waals surface area contributed by atoms with E-state index in [1.165, 1.54) is 41.0 Å². The Kier molecular flexibility index (Phi) is 6.49. The Morgan fingerprint density at radius 3 is 2.14 bits per heavy atom. The van der Waals surface area contributed by atoms with Crippen molar-refractivity contribution < 1.29 is 19.1 Å². The quantitative estimate of drug-likeness (QED) is 0.405. The highest BCUT2D eigenvalue weighted by atomic mass is 32.1. The van der Waals surface area contributed by atoms with Crippen LogP contribution in [0.2, 0.25) is 0 Å². The van der Waals surface area contributed by atoms with Gasteiger partial charge in [0.1, 0.15) is 0 Å². The summed E-state index contributed by atoms with van der Waals surface area (Å²) in [5.74, 6) is -0.405. The third-order valence-electron chi connectivity index (χ3n) is 4.68. The summed E-state index contributed by atoms with van der Waals surface area (Å²) in [5.41, 5.74) is 6.16. The first-order valence-corrected chi connectivity index (χ1v) is 10.3. The standard InChI is InChI=1S/C24H24O4S/c1-15-5-6-19(11-16(15)2)12-21-9-10-29-24(21)14-20-7-8-22(27-17(3)25)23(13-20)28-18(4)26/h5-11,13H,12,14H2,1-4H3. The number of hydrogen-bond donors (Lipinski definition) is 0. The zero-order valence-corrected chi connectivity index (χ0v) is 17.9. The van der Waals surface area contributed by atoms with Crippen LogP contribution in [0.5, 0.6) is 11.5 Å². The first kappa shape index (κ1) is 20.8. The maximum absolute atomic E-state index is 11.4. The molecule has 3 aromatic rings. The Labute approximate surface area is 175 Å². The Hall–Kier alpha value is -2.92. The van der Waals surface area contributed by atoms with Crippen molar-refractivity contribution in [3.05, 3.63) is 80.5 Å². The summed E-state index contributed by atoms with van der Waals surface area (Å²) in [6.07, 6.45) is 1.59. The summed E-state index contributed by atoms with van der Waals surface area (Å²) in [5, 5.41) is 2.10. The summed E-state index contributed by atoms with van der Waals surface area (Å²) in [4.78, 5) is 24.0. The summed E-state index contributed by atoms with van der Waals surface area (Å²) in [6.45, 7) is 6.89. The highest BCUT2D eigenvalue weighted by Gasteiger charge is 2.13. The molecule has 0 spiro atoms. The topological polar surface area (TPSA) is 52.6 Å². The van der Waals surface area contributed by atoms with Crippen LogP contribution in [0, 0.1) is 13.8 Å². The van der Waals surface area contributed by atoms with E-state index < -0.39 is 11.9 Å². The van der Waals surface area contributed by atoms with Crippen LogP contribution in [0.3, 0.4) is 0 Å². The molecule has 29 heavy (non-hydrogen) atoms. The van der Waals surface area contributed by atoms with Crippen molar-refractivity contribution in [3.63, 3.8) is 0 Å². The molecule has 1 heterocycles. The highest BCUT2D eigenvalue weighted by molar-refractivity contribution is 7.10. The highest BCUT2D eigenvalue weighted by Crippen LogP contribution is 2.31. The minimum absolute atomic E-state index is 0.248. The number of hydrogen-bond acceptors (Lipinski definition) is 5. The molecular formula is C24H24O4S. The van der Waals surface area contributed by atoms with E-state index in [-0.39, 0.29) is 11.5 Å². The van der Waals surface area contributed by atoms with E-state index in [2.05, 4.69) is 43.5 Å². The van der Waals surface area contributed by atoms with Gasteiger partial charge in [-0.05, 0) is 71.7 Å². The van der Waals surface area contributed by atoms with Gasteiger partial charge in [-0.3, -0.25) is 9.59 Å². The minimum Gasteiger partial charge on any atom is -0.423 e. The maximum atomic E-state index is 11.4. The number of aryl methyl sites for hydroxylation is 2. The largest absolute Gasteiger partial charge is 0.423 e. The lowest BCUT2D eigenvalue weighted by molar-refractivity contribution is -0.134. The number of ether oxygens (including phenoxy) is 2. The van der Waals surface area contributed by atoms with Gasteiger partial charge in [-0.15, -0.1) is 11.3 Å². The fraction of sp³-hybridized carbons (Fsp3) is 0.250. The van der Waals surface area contributed by atoms with Gasteiger partial charge in [-0.2, -0.15) is 0 Å². The van der Waals surface area contributed by atoms with Crippen LogP contribution >= 0.6 is 11.3 Å². The lowest BCUT2D eigenvalue weighted by atomic mass is 9.99. The van der Waals surface area contributed by atoms with E-state index >= 15 is 0 Å². The van der Waals surface area contributed by atoms with Crippen LogP contribution < -0.4 is 9.47 Å². The zero-order valence-electron chi connectivity index (χ0n) is 17.1. The number of carbonyl (C=O) groups is 2. The van der Waals surface area contributed by atoms with Crippen molar-refractivity contribution in [2.75, 3.05) is 0 Å². The summed E-state index contributed by atoms with van der Waals surface area (Å²) in [6, 6.07) is 14.1. The third-order valence-corrected chi connectivity index (χ3v) is 5.65. The van der Waals surface area contributed by atoms with Crippen LogP contribution in [-0.2, 0) is 22.4 Å². The van der Waals surface area contributed by atoms with E-state index in [1.54, 1.807) is 23.5 Å². The second-order valence-corrected chi connectivity index (χ2v) is 8.11. The molecule has 2 aromatic carbocycles. The molecule has 0 atom stereocenters. The molecule has 1 aromatic heterocycles. The number of benzene rings is 2. The van der Waals surface area contributed by atoms with Crippen molar-refractivity contribution in [2.24, 2.45) is 0 Å². The Bertz CT molecular complexity index is 1050. The molecular weight excluding hydrogens is 384 g/mol. The van der Waals surface area contributed by atoms with Gasteiger partial charge in [0, 0.05) is 25.1 Å². The molecule has 0 bridgehead atoms. The van der Waals surface area contributed by atoms with Crippen LogP contribution in [0.1, 0.15) is 46.5 Å². The number of thiophene rings is 1. The van der Waals surface area contributed by atoms with E-state index in [0.717, 1.165) is 12.0 Å². The molecule has 0 amide bonds. The van der Waals surface area contributed by atoms with E-state index in [0.29, 0.717) is 6.42 Å². The second kappa shape index (κ2) is 9.05. The van der Waals surface area contributed by atoms with Crippen LogP contribution in [0.15, 0.2) is 47.8 Å². The lowest BCUT2D eigenvalue weighted by Crippen LogP contribution is -2.07. The summed E-state index contributed by atoms with van der Waals surface area (Å²) < 4.78 is 10.4. The molecule has 0 aliphatic rings. The maximum Gasteiger partial charge on any atom is 0.308 e. The minimum atomic E-state index is -0.458. The van der Waals surface area contributed by atoms with Gasteiger partial charge in [-0.25, -0.2) is 0 Å². The zero-order chi connectivity index (χ0) is 21.0. The van der Waals surface area contributed by atoms with Crippen LogP contribution in [0.25, 0.3) is 0 Å². The third kappa shape index (κ3) is 5.55. The van der Waals surface area contributed by atoms with Gasteiger partial charge in [-0.1, -0.05) is 24.3 Å². The second-order valence-electron chi connectivity index (χ2n) is 7.11. The number of esters is 2. The molecule has 4 nitrogen and oxygen atoms in total. The van der Waals surface area contributed by atoms with Crippen molar-refractivity contribution in [3.8, 4) is 11.5 Å². The van der Waals surface area contributed by atoms with Gasteiger partial charge >= 0.3 is 11.9 Å². The average Bonchev–Trinajstić information content (AvgIpc) is 3.06. The molecule has 0 unspecified atom stereocenters. The molecule has 5 heteroatoms. The van der Waals surface area contributed by atoms with E-state index in [9.17, 15) is 9.59 Å². The smallest absolute Gasteiger partial charge is 0.308 e. The Morgan fingerprint density at radius 2 is 1.45 bits per heavy atom. The number of carbonyl (C=O) groups excluding carboxylic acids is 2. The SMILES string of the molecule is CC(=O)Oc1ccc(Cc2sccc2Cc2ccc(C)c(C)c2)cc1OC(C)=O. The molecule has 0 fully saturated rings. The van der Waals surface area contributed by atoms with Crippen molar-refractivity contribution in [1.29, 1.82) is 0 Å².